The van der Waals surface area contributed by atoms with Crippen molar-refractivity contribution in [1.29, 1.82) is 0 Å². The first-order chi connectivity index (χ1) is 45.3. The van der Waals surface area contributed by atoms with Gasteiger partial charge in [0.05, 0.1) is 67.9 Å². The minimum atomic E-state index is -4.81. The van der Waals surface area contributed by atoms with Crippen molar-refractivity contribution >= 4 is 189 Å². The van der Waals surface area contributed by atoms with E-state index in [0.717, 1.165) is 8.61 Å². The van der Waals surface area contributed by atoms with Gasteiger partial charge in [0.15, 0.2) is 0 Å². The Hall–Kier alpha value is -4.13. The Balaban J connectivity index is 0.0000120. The number of benzene rings is 4. The normalized spacial score (nSPS) is 13.1. The summed E-state index contributed by atoms with van der Waals surface area (Å²) in [5.74, 6) is 0. The van der Waals surface area contributed by atoms with Gasteiger partial charge in [0.1, 0.15) is 19.6 Å². The smallest absolute Gasteiger partial charge is 0.657 e. The van der Waals surface area contributed by atoms with E-state index >= 15 is 8.42 Å². The molecule has 97 heavy (non-hydrogen) atoms. The molecule has 519 valence electrons. The summed E-state index contributed by atoms with van der Waals surface area (Å²) < 4.78 is 155. The van der Waals surface area contributed by atoms with Gasteiger partial charge < -0.3 is 9.97 Å². The summed E-state index contributed by atoms with van der Waals surface area (Å²) in [6.07, 6.45) is 5.88. The van der Waals surface area contributed by atoms with E-state index in [0.29, 0.717) is 0 Å². The maximum atomic E-state index is 15.9. The molecule has 2 aliphatic heterocycles. The Morgan fingerprint density at radius 3 is 0.784 bits per heavy atom. The van der Waals surface area contributed by atoms with Crippen LogP contribution in [0.4, 0.5) is 0 Å². The van der Waals surface area contributed by atoms with E-state index in [2.05, 4.69) is 0 Å². The Morgan fingerprint density at radius 2 is 0.526 bits per heavy atom. The van der Waals surface area contributed by atoms with Crippen molar-refractivity contribution in [1.82, 2.24) is 41.5 Å². The molecule has 0 N–H and O–H groups in total. The Labute approximate surface area is 617 Å². The molecule has 4 aromatic carbocycles. The summed E-state index contributed by atoms with van der Waals surface area (Å²) in [6.45, 7) is 16.5. The Morgan fingerprint density at radius 1 is 0.299 bits per heavy atom. The second-order valence-electron chi connectivity index (χ2n) is 21.4. The molecular weight excluding hydrogens is 1550 g/mol. The standard InChI is InChI=1S/C64H65Cl8N9O10S5.Mn/c1-11-77(12-2)92(82,83)47-31-21-36(65)52(60(47)69)56-40-25-26-41(73-40)57(53-37(66)22-32-48(61(53)70)93(84,85)78(13-3)14-4)43-29-30-45(75-43)59(55-39(68)24-34-50(63(55)72)95(88,89)80(17-7)18-8)64-51(96(90,91)81(19-9)20-10)35-46(76-64)58(44-28-27-42(56)74-44)54-38(67)23-33-49(62(54)71)94(86,87)79(15-5)16-6;/h21-35H,11-20H2,1-10H3;/q-2;+2. The van der Waals surface area contributed by atoms with Crippen molar-refractivity contribution in [2.24, 2.45) is 0 Å². The Bertz CT molecular complexity index is 5160. The van der Waals surface area contributed by atoms with Gasteiger partial charge in [0.2, 0.25) is 50.1 Å². The van der Waals surface area contributed by atoms with Crippen LogP contribution in [0.3, 0.4) is 0 Å². The fourth-order valence-electron chi connectivity index (χ4n) is 11.7. The number of aromatic nitrogens is 4. The zero-order valence-corrected chi connectivity index (χ0v) is 65.1. The number of rotatable bonds is 24. The molecular formula is C64H65Cl8MnN9O10S5. The van der Waals surface area contributed by atoms with Crippen molar-refractivity contribution in [3.05, 3.63) is 130 Å². The molecule has 8 bridgehead atoms. The minimum Gasteiger partial charge on any atom is -0.657 e. The molecule has 3 aromatic heterocycles. The first-order valence-electron chi connectivity index (χ1n) is 30.3. The van der Waals surface area contributed by atoms with Gasteiger partial charge in [-0.2, -0.15) is 21.5 Å². The first-order valence-corrected chi connectivity index (χ1v) is 40.6. The zero-order valence-electron chi connectivity index (χ0n) is 53.8. The van der Waals surface area contributed by atoms with Gasteiger partial charge in [-0.25, -0.2) is 52.1 Å². The second-order valence-corrected chi connectivity index (χ2v) is 34.1. The summed E-state index contributed by atoms with van der Waals surface area (Å²) >= 11 is 59.0. The van der Waals surface area contributed by atoms with E-state index < -0.39 is 80.4 Å². The molecule has 2 aliphatic rings. The minimum absolute atomic E-state index is 0. The molecule has 9 rings (SSSR count). The van der Waals surface area contributed by atoms with Crippen molar-refractivity contribution in [2.45, 2.75) is 93.7 Å². The van der Waals surface area contributed by atoms with Crippen LogP contribution in [0.25, 0.3) is 90.9 Å². The second kappa shape index (κ2) is 30.8. The molecule has 0 aliphatic carbocycles. The summed E-state index contributed by atoms with van der Waals surface area (Å²) in [4.78, 5) is 18.8. The van der Waals surface area contributed by atoms with Crippen LogP contribution in [0.1, 0.15) is 92.0 Å². The molecule has 1 radical (unpaired) electrons. The summed E-state index contributed by atoms with van der Waals surface area (Å²) in [5.41, 5.74) is -2.22. The SMILES string of the molecule is CCN(CC)S(=O)(=O)c1ccc(Cl)c(-c2c3nc(c(-c4c(Cl)ccc(S(=O)(=O)N(CC)CC)c4Cl)c4cc(S(=O)(=O)N(CC)CC)c([n-]4)c(-c4c(Cl)ccc(S(=O)(=O)N(CC)CC)c4Cl)c4nc(c(-c5c(Cl)ccc(S(=O)(=O)N(CC)CC)c5Cl)c5ccc2[n-]5)C=C4)C=C3)c1Cl.[Mn+2]. The molecule has 0 saturated carbocycles. The average Bonchev–Trinajstić information content (AvgIpc) is 1.64. The third kappa shape index (κ3) is 13.9. The average molecular weight is 1620 g/mol. The number of hydrogen-bond donors (Lipinski definition) is 0. The van der Waals surface area contributed by atoms with Gasteiger partial charge in [-0.15, -0.1) is 22.1 Å². The summed E-state index contributed by atoms with van der Waals surface area (Å²) in [6, 6.07) is 14.5. The predicted molar refractivity (Wildman–Crippen MR) is 389 cm³/mol. The number of halogens is 8. The van der Waals surface area contributed by atoms with Crippen LogP contribution in [-0.4, -0.2) is 139 Å². The number of fused-ring (bicyclic) bond motifs is 8. The number of nitrogens with zero attached hydrogens (tertiary/aromatic N) is 9. The largest absolute Gasteiger partial charge is 2.00 e. The molecule has 0 spiro atoms. The molecule has 7 aromatic rings. The van der Waals surface area contributed by atoms with E-state index in [1.54, 1.807) is 69.2 Å². The van der Waals surface area contributed by atoms with Crippen LogP contribution in [-0.2, 0) is 67.2 Å². The number of sulfonamides is 5. The van der Waals surface area contributed by atoms with E-state index in [1.165, 1.54) is 104 Å². The topological polar surface area (TPSA) is 241 Å². The van der Waals surface area contributed by atoms with Crippen molar-refractivity contribution in [3.63, 3.8) is 0 Å². The third-order valence-electron chi connectivity index (χ3n) is 16.5. The number of hydrogen-bond acceptors (Lipinski definition) is 12. The van der Waals surface area contributed by atoms with Gasteiger partial charge in [-0.1, -0.05) is 180 Å². The quantitative estimate of drug-likeness (QED) is 0.0511. The molecule has 33 heteroatoms. The van der Waals surface area contributed by atoms with Crippen LogP contribution >= 0.6 is 92.8 Å². The van der Waals surface area contributed by atoms with Crippen LogP contribution in [0, 0.1) is 0 Å². The van der Waals surface area contributed by atoms with Gasteiger partial charge in [-0.05, 0) is 95.1 Å². The molecule has 0 unspecified atom stereocenters. The fourth-order valence-corrected chi connectivity index (χ4v) is 22.8. The fraction of sp³-hybridized carbons (Fsp3) is 0.312. The Kier molecular flexibility index (Phi) is 25.0. The van der Waals surface area contributed by atoms with Crippen LogP contribution in [0.5, 0.6) is 0 Å². The first kappa shape index (κ1) is 78.6. The molecule has 19 nitrogen and oxygen atoms in total. The molecule has 5 heterocycles. The van der Waals surface area contributed by atoms with Crippen molar-refractivity contribution < 1.29 is 59.2 Å². The van der Waals surface area contributed by atoms with E-state index in [9.17, 15) is 33.7 Å². The van der Waals surface area contributed by atoms with Crippen LogP contribution < -0.4 is 9.97 Å². The van der Waals surface area contributed by atoms with Crippen LogP contribution in [0.2, 0.25) is 40.2 Å². The molecule has 0 amide bonds. The molecule has 0 saturated heterocycles. The summed E-state index contributed by atoms with van der Waals surface area (Å²) in [7, 11) is -22.5. The molecule has 0 fully saturated rings. The van der Waals surface area contributed by atoms with Gasteiger partial charge in [-0.3, -0.25) is 0 Å². The van der Waals surface area contributed by atoms with E-state index in [-0.39, 0.29) is 206 Å². The maximum absolute atomic E-state index is 15.9. The zero-order chi connectivity index (χ0) is 70.6. The van der Waals surface area contributed by atoms with E-state index in [1.807, 2.05) is 0 Å². The van der Waals surface area contributed by atoms with Crippen molar-refractivity contribution in [2.75, 3.05) is 65.4 Å². The summed E-state index contributed by atoms with van der Waals surface area (Å²) in [5, 5.41) is -2.20. The molecule has 0 atom stereocenters. The van der Waals surface area contributed by atoms with Gasteiger partial charge in [0, 0.05) is 87.7 Å². The van der Waals surface area contributed by atoms with Crippen molar-refractivity contribution in [3.8, 4) is 44.5 Å². The monoisotopic (exact) mass is 1610 g/mol. The van der Waals surface area contributed by atoms with E-state index in [4.69, 9.17) is 113 Å². The third-order valence-corrected chi connectivity index (χ3v) is 30.2. The van der Waals surface area contributed by atoms with Gasteiger partial charge >= 0.3 is 17.1 Å². The predicted octanol–water partition coefficient (Wildman–Crippen LogP) is 16.0. The maximum Gasteiger partial charge on any atom is 2.00 e. The van der Waals surface area contributed by atoms with Crippen LogP contribution in [0.15, 0.2) is 91.2 Å². The van der Waals surface area contributed by atoms with Gasteiger partial charge in [0.25, 0.3) is 0 Å².